The Kier molecular flexibility index (Phi) is 3.77. The van der Waals surface area contributed by atoms with E-state index in [-0.39, 0.29) is 23.0 Å². The minimum atomic E-state index is -1.07. The zero-order valence-corrected chi connectivity index (χ0v) is 10.5. The normalized spacial score (nSPS) is 9.60. The molecule has 20 heavy (non-hydrogen) atoms. The first kappa shape index (κ1) is 13.3. The van der Waals surface area contributed by atoms with E-state index in [1.54, 1.807) is 6.07 Å². The van der Waals surface area contributed by atoms with Crippen molar-refractivity contribution in [2.45, 2.75) is 0 Å². The molecule has 2 rings (SSSR count). The minimum Gasteiger partial charge on any atom is -0.496 e. The molecule has 7 nitrogen and oxygen atoms in total. The topological polar surface area (TPSA) is 108 Å². The molecule has 0 bridgehead atoms. The van der Waals surface area contributed by atoms with Crippen LogP contribution >= 0.6 is 0 Å². The van der Waals surface area contributed by atoms with Crippen LogP contribution in [0.3, 0.4) is 0 Å². The van der Waals surface area contributed by atoms with Crippen LogP contribution in [0.25, 0.3) is 0 Å². The van der Waals surface area contributed by atoms with Crippen molar-refractivity contribution in [1.29, 1.82) is 5.26 Å². The summed E-state index contributed by atoms with van der Waals surface area (Å²) in [5, 5.41) is 20.6. The lowest BCUT2D eigenvalue weighted by atomic mass is 10.2. The Hall–Kier alpha value is -3.14. The minimum absolute atomic E-state index is 0.0599. The van der Waals surface area contributed by atoms with Crippen LogP contribution in [0.4, 0.5) is 11.6 Å². The Morgan fingerprint density at radius 3 is 2.90 bits per heavy atom. The summed E-state index contributed by atoms with van der Waals surface area (Å²) in [5.41, 5.74) is 0.850. The number of hydrogen-bond donors (Lipinski definition) is 2. The van der Waals surface area contributed by atoms with E-state index in [0.717, 1.165) is 0 Å². The van der Waals surface area contributed by atoms with Crippen LogP contribution in [-0.2, 0) is 0 Å². The van der Waals surface area contributed by atoms with Crippen LogP contribution in [0, 0.1) is 11.3 Å². The Morgan fingerprint density at radius 2 is 2.25 bits per heavy atom. The molecule has 0 fully saturated rings. The number of nitrogens with one attached hydrogen (secondary N) is 1. The Balaban J connectivity index is 2.30. The second-order valence-corrected chi connectivity index (χ2v) is 3.72. The highest BCUT2D eigenvalue weighted by Gasteiger charge is 2.11. The number of methoxy groups -OCH3 is 1. The average molecular weight is 270 g/mol. The summed E-state index contributed by atoms with van der Waals surface area (Å²) in [4.78, 5) is 18.9. The van der Waals surface area contributed by atoms with Gasteiger partial charge < -0.3 is 15.2 Å². The number of carboxylic acid groups (broad SMARTS) is 1. The SMILES string of the molecule is COc1cc(Nc2nccc(C#N)n2)ccc1C(=O)O. The zero-order valence-electron chi connectivity index (χ0n) is 10.5. The van der Waals surface area contributed by atoms with Gasteiger partial charge in [-0.05, 0) is 18.2 Å². The number of aromatic nitrogens is 2. The van der Waals surface area contributed by atoms with Gasteiger partial charge >= 0.3 is 5.97 Å². The number of nitriles is 1. The van der Waals surface area contributed by atoms with Crippen LogP contribution in [0.1, 0.15) is 16.1 Å². The van der Waals surface area contributed by atoms with Crippen LogP contribution in [0.5, 0.6) is 5.75 Å². The molecular formula is C13H10N4O3. The highest BCUT2D eigenvalue weighted by Crippen LogP contribution is 2.24. The van der Waals surface area contributed by atoms with Crippen molar-refractivity contribution < 1.29 is 14.6 Å². The first-order valence-electron chi connectivity index (χ1n) is 5.55. The number of anilines is 2. The van der Waals surface area contributed by atoms with Gasteiger partial charge in [0.05, 0.1) is 7.11 Å². The largest absolute Gasteiger partial charge is 0.496 e. The molecule has 0 aliphatic heterocycles. The number of ether oxygens (including phenoxy) is 1. The summed E-state index contributed by atoms with van der Waals surface area (Å²) >= 11 is 0. The lowest BCUT2D eigenvalue weighted by Gasteiger charge is -2.09. The predicted octanol–water partition coefficient (Wildman–Crippen LogP) is 1.80. The second-order valence-electron chi connectivity index (χ2n) is 3.72. The number of benzene rings is 1. The number of carbonyl (C=O) groups is 1. The van der Waals surface area contributed by atoms with Gasteiger partial charge in [-0.25, -0.2) is 14.8 Å². The molecule has 2 aromatic rings. The van der Waals surface area contributed by atoms with Crippen LogP contribution in [0.15, 0.2) is 30.5 Å². The molecule has 0 radical (unpaired) electrons. The van der Waals surface area contributed by atoms with Crippen LogP contribution in [0.2, 0.25) is 0 Å². The monoisotopic (exact) mass is 270 g/mol. The van der Waals surface area contributed by atoms with Crippen molar-refractivity contribution >= 4 is 17.6 Å². The number of rotatable bonds is 4. The van der Waals surface area contributed by atoms with Crippen molar-refractivity contribution in [2.75, 3.05) is 12.4 Å². The summed E-state index contributed by atoms with van der Waals surface area (Å²) in [6.07, 6.45) is 1.46. The molecule has 0 aliphatic rings. The van der Waals surface area contributed by atoms with Crippen molar-refractivity contribution in [3.8, 4) is 11.8 Å². The van der Waals surface area contributed by atoms with Gasteiger partial charge in [-0.1, -0.05) is 0 Å². The number of aromatic carboxylic acids is 1. The molecule has 0 atom stereocenters. The summed E-state index contributed by atoms with van der Waals surface area (Å²) in [6.45, 7) is 0. The van der Waals surface area contributed by atoms with Crippen LogP contribution in [-0.4, -0.2) is 28.2 Å². The maximum absolute atomic E-state index is 11.0. The van der Waals surface area contributed by atoms with Crippen molar-refractivity contribution in [3.05, 3.63) is 41.7 Å². The van der Waals surface area contributed by atoms with Gasteiger partial charge in [0.1, 0.15) is 23.1 Å². The van der Waals surface area contributed by atoms with Gasteiger partial charge in [-0.2, -0.15) is 5.26 Å². The highest BCUT2D eigenvalue weighted by atomic mass is 16.5. The molecule has 0 saturated heterocycles. The number of hydrogen-bond acceptors (Lipinski definition) is 6. The first-order chi connectivity index (χ1) is 9.63. The number of nitrogens with zero attached hydrogens (tertiary/aromatic N) is 3. The molecular weight excluding hydrogens is 260 g/mol. The molecule has 1 aromatic heterocycles. The smallest absolute Gasteiger partial charge is 0.339 e. The van der Waals surface area contributed by atoms with Gasteiger partial charge in [0.2, 0.25) is 5.95 Å². The Labute approximate surface area is 114 Å². The maximum Gasteiger partial charge on any atom is 0.339 e. The van der Waals surface area contributed by atoms with Crippen LogP contribution < -0.4 is 10.1 Å². The maximum atomic E-state index is 11.0. The third kappa shape index (κ3) is 2.81. The van der Waals surface area contributed by atoms with E-state index < -0.39 is 5.97 Å². The van der Waals surface area contributed by atoms with Gasteiger partial charge in [0.25, 0.3) is 0 Å². The molecule has 1 aromatic carbocycles. The third-order valence-electron chi connectivity index (χ3n) is 2.46. The van der Waals surface area contributed by atoms with E-state index >= 15 is 0 Å². The highest BCUT2D eigenvalue weighted by molar-refractivity contribution is 5.91. The molecule has 1 heterocycles. The molecule has 0 saturated carbocycles. The fraction of sp³-hybridized carbons (Fsp3) is 0.0769. The summed E-state index contributed by atoms with van der Waals surface area (Å²) in [7, 11) is 1.39. The molecule has 7 heteroatoms. The van der Waals surface area contributed by atoms with E-state index in [0.29, 0.717) is 5.69 Å². The summed E-state index contributed by atoms with van der Waals surface area (Å²) in [6, 6.07) is 7.89. The molecule has 0 aliphatic carbocycles. The fourth-order valence-corrected chi connectivity index (χ4v) is 1.56. The lowest BCUT2D eigenvalue weighted by Crippen LogP contribution is -2.02. The van der Waals surface area contributed by atoms with E-state index in [2.05, 4.69) is 15.3 Å². The van der Waals surface area contributed by atoms with Gasteiger partial charge in [-0.15, -0.1) is 0 Å². The van der Waals surface area contributed by atoms with E-state index in [1.165, 1.54) is 31.5 Å². The van der Waals surface area contributed by atoms with Crippen molar-refractivity contribution in [3.63, 3.8) is 0 Å². The van der Waals surface area contributed by atoms with Gasteiger partial charge in [0, 0.05) is 18.0 Å². The average Bonchev–Trinajstić information content (AvgIpc) is 2.47. The van der Waals surface area contributed by atoms with Crippen molar-refractivity contribution in [1.82, 2.24) is 9.97 Å². The standard InChI is InChI=1S/C13H10N4O3/c1-20-11-6-8(2-3-10(11)12(18)19)16-13-15-5-4-9(7-14)17-13/h2-6H,1H3,(H,18,19)(H,15,16,17). The number of carboxylic acids is 1. The zero-order chi connectivity index (χ0) is 14.5. The first-order valence-corrected chi connectivity index (χ1v) is 5.55. The lowest BCUT2D eigenvalue weighted by molar-refractivity contribution is 0.0693. The third-order valence-corrected chi connectivity index (χ3v) is 2.46. The quantitative estimate of drug-likeness (QED) is 0.871. The second kappa shape index (κ2) is 5.67. The summed E-state index contributed by atoms with van der Waals surface area (Å²) < 4.78 is 5.02. The molecule has 100 valence electrons. The Morgan fingerprint density at radius 1 is 1.45 bits per heavy atom. The predicted molar refractivity (Wildman–Crippen MR) is 70.0 cm³/mol. The summed E-state index contributed by atoms with van der Waals surface area (Å²) in [5.74, 6) is -0.607. The van der Waals surface area contributed by atoms with Gasteiger partial charge in [0.15, 0.2) is 0 Å². The van der Waals surface area contributed by atoms with E-state index in [1.807, 2.05) is 6.07 Å². The molecule has 0 spiro atoms. The fourth-order valence-electron chi connectivity index (χ4n) is 1.56. The van der Waals surface area contributed by atoms with Gasteiger partial charge in [-0.3, -0.25) is 0 Å². The molecule has 0 unspecified atom stereocenters. The van der Waals surface area contributed by atoms with Crippen molar-refractivity contribution in [2.24, 2.45) is 0 Å². The van der Waals surface area contributed by atoms with E-state index in [4.69, 9.17) is 15.1 Å². The Bertz CT molecular complexity index is 694. The molecule has 0 amide bonds. The molecule has 2 N–H and O–H groups in total. The van der Waals surface area contributed by atoms with E-state index in [9.17, 15) is 4.79 Å².